The van der Waals surface area contributed by atoms with E-state index in [0.29, 0.717) is 11.5 Å². The molecule has 0 saturated heterocycles. The van der Waals surface area contributed by atoms with E-state index < -0.39 is 0 Å². The van der Waals surface area contributed by atoms with Crippen molar-refractivity contribution in [1.29, 1.82) is 0 Å². The molecule has 0 N–H and O–H groups in total. The fourth-order valence-corrected chi connectivity index (χ4v) is 3.49. The Morgan fingerprint density at radius 1 is 1.17 bits per heavy atom. The fraction of sp³-hybridized carbons (Fsp3) is 0.647. The second kappa shape index (κ2) is 4.09. The highest BCUT2D eigenvalue weighted by atomic mass is 15.2. The van der Waals surface area contributed by atoms with Crippen LogP contribution in [-0.4, -0.2) is 18.0 Å². The predicted octanol–water partition coefficient (Wildman–Crippen LogP) is 4.20. The number of benzene rings is 1. The molecule has 1 saturated carbocycles. The van der Waals surface area contributed by atoms with Crippen molar-refractivity contribution in [1.82, 2.24) is 4.90 Å². The number of hydrogen-bond donors (Lipinski definition) is 0. The molecule has 0 heterocycles. The lowest BCUT2D eigenvalue weighted by molar-refractivity contribution is 0.192. The lowest BCUT2D eigenvalue weighted by Crippen LogP contribution is -2.35. The van der Waals surface area contributed by atoms with Gasteiger partial charge in [0.2, 0.25) is 0 Å². The molecule has 18 heavy (non-hydrogen) atoms. The Balaban J connectivity index is 2.01. The van der Waals surface area contributed by atoms with Crippen molar-refractivity contribution >= 4 is 0 Å². The summed E-state index contributed by atoms with van der Waals surface area (Å²) < 4.78 is 0. The average Bonchev–Trinajstić information content (AvgIpc) is 3.13. The summed E-state index contributed by atoms with van der Waals surface area (Å²) in [6.07, 6.45) is 5.43. The summed E-state index contributed by atoms with van der Waals surface area (Å²) in [5.74, 6) is 0. The summed E-state index contributed by atoms with van der Waals surface area (Å²) in [5.41, 5.74) is 4.93. The maximum Gasteiger partial charge on any atom is 0.0351 e. The van der Waals surface area contributed by atoms with Crippen LogP contribution in [0.15, 0.2) is 18.2 Å². The van der Waals surface area contributed by atoms with Crippen LogP contribution >= 0.6 is 0 Å². The SMILES string of the molecule is Cc1ccc2c(c1)C(C)(C)CCC2N(C)C1CC1. The summed E-state index contributed by atoms with van der Waals surface area (Å²) in [5, 5.41) is 0. The molecule has 0 radical (unpaired) electrons. The van der Waals surface area contributed by atoms with Gasteiger partial charge in [0.25, 0.3) is 0 Å². The van der Waals surface area contributed by atoms with Gasteiger partial charge in [0.1, 0.15) is 0 Å². The molecule has 0 spiro atoms. The highest BCUT2D eigenvalue weighted by molar-refractivity contribution is 5.41. The first kappa shape index (κ1) is 12.2. The van der Waals surface area contributed by atoms with Gasteiger partial charge in [-0.25, -0.2) is 0 Å². The monoisotopic (exact) mass is 243 g/mol. The van der Waals surface area contributed by atoms with Crippen molar-refractivity contribution in [2.24, 2.45) is 0 Å². The number of nitrogens with zero attached hydrogens (tertiary/aromatic N) is 1. The molecule has 3 rings (SSSR count). The lowest BCUT2D eigenvalue weighted by atomic mass is 9.70. The standard InChI is InChI=1S/C17H25N/c1-12-5-8-14-15(11-12)17(2,3)10-9-16(14)18(4)13-6-7-13/h5,8,11,13,16H,6-7,9-10H2,1-4H3. The Labute approximate surface area is 111 Å². The average molecular weight is 243 g/mol. The molecule has 1 aromatic carbocycles. The van der Waals surface area contributed by atoms with Gasteiger partial charge in [-0.05, 0) is 56.2 Å². The molecule has 0 aliphatic heterocycles. The highest BCUT2D eigenvalue weighted by Gasteiger charge is 2.38. The van der Waals surface area contributed by atoms with Gasteiger partial charge in [0.05, 0.1) is 0 Å². The Morgan fingerprint density at radius 3 is 2.56 bits per heavy atom. The molecule has 2 aliphatic carbocycles. The van der Waals surface area contributed by atoms with Crippen molar-refractivity contribution in [3.63, 3.8) is 0 Å². The first-order valence-electron chi connectivity index (χ1n) is 7.32. The molecule has 0 amide bonds. The minimum absolute atomic E-state index is 0.349. The van der Waals surface area contributed by atoms with E-state index in [4.69, 9.17) is 0 Å². The maximum atomic E-state index is 2.63. The van der Waals surface area contributed by atoms with Crippen LogP contribution in [0.4, 0.5) is 0 Å². The molecule has 0 bridgehead atoms. The number of hydrogen-bond acceptors (Lipinski definition) is 1. The van der Waals surface area contributed by atoms with Gasteiger partial charge in [-0.15, -0.1) is 0 Å². The zero-order valence-corrected chi connectivity index (χ0v) is 12.2. The number of fused-ring (bicyclic) bond motifs is 1. The second-order valence-corrected chi connectivity index (χ2v) is 6.93. The van der Waals surface area contributed by atoms with Crippen LogP contribution in [0.25, 0.3) is 0 Å². The van der Waals surface area contributed by atoms with E-state index in [2.05, 4.69) is 50.9 Å². The van der Waals surface area contributed by atoms with Crippen LogP contribution in [0.5, 0.6) is 0 Å². The molecule has 2 aliphatic rings. The largest absolute Gasteiger partial charge is 0.296 e. The van der Waals surface area contributed by atoms with E-state index in [1.54, 1.807) is 11.1 Å². The van der Waals surface area contributed by atoms with Gasteiger partial charge in [-0.3, -0.25) is 4.90 Å². The van der Waals surface area contributed by atoms with E-state index in [9.17, 15) is 0 Å². The molecule has 0 aromatic heterocycles. The van der Waals surface area contributed by atoms with E-state index in [-0.39, 0.29) is 0 Å². The molecule has 1 atom stereocenters. The molecular weight excluding hydrogens is 218 g/mol. The second-order valence-electron chi connectivity index (χ2n) is 6.93. The van der Waals surface area contributed by atoms with Crippen molar-refractivity contribution in [2.75, 3.05) is 7.05 Å². The molecule has 1 nitrogen and oxygen atoms in total. The van der Waals surface area contributed by atoms with Crippen molar-refractivity contribution in [2.45, 2.75) is 64.0 Å². The van der Waals surface area contributed by atoms with E-state index >= 15 is 0 Å². The Kier molecular flexibility index (Phi) is 2.78. The smallest absolute Gasteiger partial charge is 0.0351 e. The third kappa shape index (κ3) is 1.99. The molecule has 98 valence electrons. The van der Waals surface area contributed by atoms with Gasteiger partial charge >= 0.3 is 0 Å². The zero-order valence-electron chi connectivity index (χ0n) is 12.2. The van der Waals surface area contributed by atoms with Crippen molar-refractivity contribution in [3.8, 4) is 0 Å². The molecule has 1 unspecified atom stereocenters. The Bertz CT molecular complexity index is 457. The third-order valence-electron chi connectivity index (χ3n) is 4.95. The van der Waals surface area contributed by atoms with Gasteiger partial charge < -0.3 is 0 Å². The number of aryl methyl sites for hydroxylation is 1. The molecular formula is C17H25N. The van der Waals surface area contributed by atoms with Gasteiger partial charge in [0.15, 0.2) is 0 Å². The van der Waals surface area contributed by atoms with Crippen molar-refractivity contribution < 1.29 is 0 Å². The highest BCUT2D eigenvalue weighted by Crippen LogP contribution is 2.46. The summed E-state index contributed by atoms with van der Waals surface area (Å²) in [6, 6.07) is 8.59. The van der Waals surface area contributed by atoms with Crippen LogP contribution in [0.3, 0.4) is 0 Å². The molecule has 1 aromatic rings. The lowest BCUT2D eigenvalue weighted by Gasteiger charge is -2.41. The van der Waals surface area contributed by atoms with Crippen LogP contribution in [-0.2, 0) is 5.41 Å². The molecule has 1 heteroatoms. The quantitative estimate of drug-likeness (QED) is 0.752. The van der Waals surface area contributed by atoms with Gasteiger partial charge in [-0.1, -0.05) is 37.6 Å². The summed E-state index contributed by atoms with van der Waals surface area (Å²) in [4.78, 5) is 2.63. The molecule has 1 fully saturated rings. The van der Waals surface area contributed by atoms with E-state index in [1.807, 2.05) is 0 Å². The summed E-state index contributed by atoms with van der Waals surface area (Å²) >= 11 is 0. The number of rotatable bonds is 2. The van der Waals surface area contributed by atoms with Crippen LogP contribution < -0.4 is 0 Å². The predicted molar refractivity (Wildman–Crippen MR) is 77.0 cm³/mol. The Morgan fingerprint density at radius 2 is 1.89 bits per heavy atom. The van der Waals surface area contributed by atoms with E-state index in [1.165, 1.54) is 31.2 Å². The zero-order chi connectivity index (χ0) is 12.9. The summed E-state index contributed by atoms with van der Waals surface area (Å²) in [6.45, 7) is 7.02. The first-order valence-corrected chi connectivity index (χ1v) is 7.32. The minimum atomic E-state index is 0.349. The van der Waals surface area contributed by atoms with Gasteiger partial charge in [0, 0.05) is 12.1 Å². The van der Waals surface area contributed by atoms with E-state index in [0.717, 1.165) is 6.04 Å². The topological polar surface area (TPSA) is 3.24 Å². The van der Waals surface area contributed by atoms with Crippen molar-refractivity contribution in [3.05, 3.63) is 34.9 Å². The Hall–Kier alpha value is -0.820. The third-order valence-corrected chi connectivity index (χ3v) is 4.95. The summed E-state index contributed by atoms with van der Waals surface area (Å²) in [7, 11) is 2.32. The maximum absolute atomic E-state index is 2.63. The van der Waals surface area contributed by atoms with Crippen LogP contribution in [0, 0.1) is 6.92 Å². The minimum Gasteiger partial charge on any atom is -0.296 e. The van der Waals surface area contributed by atoms with Gasteiger partial charge in [-0.2, -0.15) is 0 Å². The fourth-order valence-electron chi connectivity index (χ4n) is 3.49. The van der Waals surface area contributed by atoms with Crippen LogP contribution in [0.1, 0.15) is 62.3 Å². The van der Waals surface area contributed by atoms with Crippen LogP contribution in [0.2, 0.25) is 0 Å². The first-order chi connectivity index (χ1) is 8.49. The normalized spacial score (nSPS) is 26.2.